The van der Waals surface area contributed by atoms with E-state index >= 15 is 0 Å². The van der Waals surface area contributed by atoms with Crippen LogP contribution in [0.4, 0.5) is 5.69 Å². The van der Waals surface area contributed by atoms with Crippen molar-refractivity contribution >= 4 is 23.5 Å². The molecule has 1 unspecified atom stereocenters. The van der Waals surface area contributed by atoms with E-state index in [2.05, 4.69) is 5.32 Å². The molecule has 1 atom stereocenters. The molecular formula is C16H20N2O5. The Bertz CT molecular complexity index is 629. The molecule has 1 aromatic carbocycles. The van der Waals surface area contributed by atoms with Crippen molar-refractivity contribution in [3.8, 4) is 5.75 Å². The van der Waals surface area contributed by atoms with E-state index in [1.165, 1.54) is 23.1 Å². The van der Waals surface area contributed by atoms with Crippen LogP contribution in [0.3, 0.4) is 0 Å². The Morgan fingerprint density at radius 1 is 1.39 bits per heavy atom. The molecule has 23 heavy (non-hydrogen) atoms. The Kier molecular flexibility index (Phi) is 5.20. The van der Waals surface area contributed by atoms with Crippen LogP contribution in [-0.4, -0.2) is 42.1 Å². The lowest BCUT2D eigenvalue weighted by Gasteiger charge is -2.32. The van der Waals surface area contributed by atoms with Crippen molar-refractivity contribution in [2.45, 2.75) is 32.8 Å². The van der Waals surface area contributed by atoms with E-state index < -0.39 is 12.1 Å². The number of hydrogen-bond donors (Lipinski definition) is 2. The van der Waals surface area contributed by atoms with Gasteiger partial charge in [0.2, 0.25) is 5.91 Å². The number of rotatable bonds is 6. The van der Waals surface area contributed by atoms with Crippen LogP contribution in [0, 0.1) is 0 Å². The molecule has 0 radical (unpaired) electrons. The minimum Gasteiger partial charge on any atom is -0.479 e. The predicted octanol–water partition coefficient (Wildman–Crippen LogP) is 1.41. The molecule has 1 heterocycles. The zero-order chi connectivity index (χ0) is 17.0. The molecule has 124 valence electrons. The van der Waals surface area contributed by atoms with Crippen LogP contribution < -0.4 is 15.0 Å². The third-order valence-corrected chi connectivity index (χ3v) is 3.57. The van der Waals surface area contributed by atoms with E-state index in [1.807, 2.05) is 6.92 Å². The number of carboxylic acid groups (broad SMARTS) is 1. The number of hydrogen-bond acceptors (Lipinski definition) is 4. The fourth-order valence-corrected chi connectivity index (χ4v) is 2.31. The zero-order valence-electron chi connectivity index (χ0n) is 13.2. The van der Waals surface area contributed by atoms with Crippen LogP contribution in [0.5, 0.6) is 5.75 Å². The fourth-order valence-electron chi connectivity index (χ4n) is 2.31. The van der Waals surface area contributed by atoms with E-state index in [9.17, 15) is 14.4 Å². The van der Waals surface area contributed by atoms with Crippen LogP contribution in [-0.2, 0) is 9.59 Å². The number of nitrogens with one attached hydrogen (secondary N) is 1. The predicted molar refractivity (Wildman–Crippen MR) is 83.8 cm³/mol. The van der Waals surface area contributed by atoms with Gasteiger partial charge in [0.05, 0.1) is 11.3 Å². The molecule has 2 N–H and O–H groups in total. The van der Waals surface area contributed by atoms with Crippen molar-refractivity contribution in [2.75, 3.05) is 18.0 Å². The number of carbonyl (C=O) groups excluding carboxylic acids is 2. The molecule has 0 spiro atoms. The number of aromatic carboxylic acids is 1. The standard InChI is InChI=1S/C16H20N2O5/c1-3-4-7-17-14(19)9-18-12-6-5-11(16(21)22)8-13(12)23-10(2)15(18)20/h5-6,8,10H,3-4,7,9H2,1-2H3,(H,17,19)(H,21,22). The average Bonchev–Trinajstić information content (AvgIpc) is 2.51. The summed E-state index contributed by atoms with van der Waals surface area (Å²) in [5.74, 6) is -1.37. The van der Waals surface area contributed by atoms with Crippen molar-refractivity contribution < 1.29 is 24.2 Å². The summed E-state index contributed by atoms with van der Waals surface area (Å²) in [7, 11) is 0. The first kappa shape index (κ1) is 16.8. The quantitative estimate of drug-likeness (QED) is 0.773. The Morgan fingerprint density at radius 3 is 2.78 bits per heavy atom. The Morgan fingerprint density at radius 2 is 2.13 bits per heavy atom. The number of carboxylic acids is 1. The van der Waals surface area contributed by atoms with Gasteiger partial charge in [-0.3, -0.25) is 14.5 Å². The molecule has 0 saturated carbocycles. The second kappa shape index (κ2) is 7.13. The zero-order valence-corrected chi connectivity index (χ0v) is 13.2. The van der Waals surface area contributed by atoms with Crippen LogP contribution in [0.15, 0.2) is 18.2 Å². The molecule has 0 fully saturated rings. The smallest absolute Gasteiger partial charge is 0.335 e. The largest absolute Gasteiger partial charge is 0.479 e. The highest BCUT2D eigenvalue weighted by atomic mass is 16.5. The first-order chi connectivity index (χ1) is 10.9. The minimum atomic E-state index is -1.08. The lowest BCUT2D eigenvalue weighted by atomic mass is 10.1. The Hall–Kier alpha value is -2.57. The van der Waals surface area contributed by atoms with Gasteiger partial charge in [0.25, 0.3) is 5.91 Å². The highest BCUT2D eigenvalue weighted by molar-refractivity contribution is 6.04. The van der Waals surface area contributed by atoms with Gasteiger partial charge in [-0.25, -0.2) is 4.79 Å². The topological polar surface area (TPSA) is 95.9 Å². The third-order valence-electron chi connectivity index (χ3n) is 3.57. The number of carbonyl (C=O) groups is 3. The summed E-state index contributed by atoms with van der Waals surface area (Å²) in [6, 6.07) is 4.24. The van der Waals surface area contributed by atoms with E-state index in [0.717, 1.165) is 12.8 Å². The summed E-state index contributed by atoms with van der Waals surface area (Å²) in [5, 5.41) is 11.8. The van der Waals surface area contributed by atoms with E-state index in [4.69, 9.17) is 9.84 Å². The Labute approximate surface area is 134 Å². The van der Waals surface area contributed by atoms with Crippen LogP contribution in [0.2, 0.25) is 0 Å². The molecule has 7 heteroatoms. The van der Waals surface area contributed by atoms with Crippen LogP contribution in [0.25, 0.3) is 0 Å². The van der Waals surface area contributed by atoms with Gasteiger partial charge in [0.15, 0.2) is 6.10 Å². The van der Waals surface area contributed by atoms with Gasteiger partial charge < -0.3 is 15.2 Å². The number of benzene rings is 1. The lowest BCUT2D eigenvalue weighted by Crippen LogP contribution is -2.48. The summed E-state index contributed by atoms with van der Waals surface area (Å²) in [6.45, 7) is 4.04. The first-order valence-electron chi connectivity index (χ1n) is 7.56. The second-order valence-electron chi connectivity index (χ2n) is 5.38. The van der Waals surface area contributed by atoms with E-state index in [1.54, 1.807) is 6.92 Å². The van der Waals surface area contributed by atoms with Gasteiger partial charge in [-0.05, 0) is 31.5 Å². The summed E-state index contributed by atoms with van der Waals surface area (Å²) >= 11 is 0. The highest BCUT2D eigenvalue weighted by Gasteiger charge is 2.33. The monoisotopic (exact) mass is 320 g/mol. The van der Waals surface area contributed by atoms with E-state index in [-0.39, 0.29) is 23.9 Å². The number of nitrogens with zero attached hydrogens (tertiary/aromatic N) is 1. The average molecular weight is 320 g/mol. The van der Waals surface area contributed by atoms with Crippen molar-refractivity contribution in [1.82, 2.24) is 5.32 Å². The number of ether oxygens (including phenoxy) is 1. The first-order valence-corrected chi connectivity index (χ1v) is 7.56. The number of amides is 2. The third kappa shape index (κ3) is 3.80. The molecule has 0 aromatic heterocycles. The molecule has 0 bridgehead atoms. The second-order valence-corrected chi connectivity index (χ2v) is 5.38. The number of unbranched alkanes of at least 4 members (excludes halogenated alkanes) is 1. The highest BCUT2D eigenvalue weighted by Crippen LogP contribution is 2.34. The summed E-state index contributed by atoms with van der Waals surface area (Å²) in [5.41, 5.74) is 0.474. The van der Waals surface area contributed by atoms with Gasteiger partial charge in [-0.2, -0.15) is 0 Å². The van der Waals surface area contributed by atoms with E-state index in [0.29, 0.717) is 18.0 Å². The number of fused-ring (bicyclic) bond motifs is 1. The molecule has 0 aliphatic carbocycles. The van der Waals surface area contributed by atoms with Crippen LogP contribution >= 0.6 is 0 Å². The van der Waals surface area contributed by atoms with Crippen molar-refractivity contribution in [3.05, 3.63) is 23.8 Å². The van der Waals surface area contributed by atoms with Crippen molar-refractivity contribution in [3.63, 3.8) is 0 Å². The fraction of sp³-hybridized carbons (Fsp3) is 0.438. The maximum atomic E-state index is 12.3. The molecule has 2 amide bonds. The molecule has 0 saturated heterocycles. The molecular weight excluding hydrogens is 300 g/mol. The summed E-state index contributed by atoms with van der Waals surface area (Å²) in [4.78, 5) is 36.6. The van der Waals surface area contributed by atoms with Crippen molar-refractivity contribution in [1.29, 1.82) is 0 Å². The molecule has 7 nitrogen and oxygen atoms in total. The minimum absolute atomic E-state index is 0.0673. The van der Waals surface area contributed by atoms with Crippen molar-refractivity contribution in [2.24, 2.45) is 0 Å². The SMILES string of the molecule is CCCCNC(=O)CN1C(=O)C(C)Oc2cc(C(=O)O)ccc21. The van der Waals surface area contributed by atoms with Gasteiger partial charge in [0.1, 0.15) is 12.3 Å². The molecule has 1 aliphatic rings. The summed E-state index contributed by atoms with van der Waals surface area (Å²) < 4.78 is 5.46. The van der Waals surface area contributed by atoms with Gasteiger partial charge in [-0.1, -0.05) is 13.3 Å². The maximum absolute atomic E-state index is 12.3. The molecule has 1 aromatic rings. The summed E-state index contributed by atoms with van der Waals surface area (Å²) in [6.07, 6.45) is 1.07. The number of anilines is 1. The van der Waals surface area contributed by atoms with Gasteiger partial charge >= 0.3 is 5.97 Å². The molecule has 1 aliphatic heterocycles. The van der Waals surface area contributed by atoms with Crippen LogP contribution in [0.1, 0.15) is 37.0 Å². The normalized spacial score (nSPS) is 16.5. The molecule has 2 rings (SSSR count). The van der Waals surface area contributed by atoms with Gasteiger partial charge in [-0.15, -0.1) is 0 Å². The van der Waals surface area contributed by atoms with Gasteiger partial charge in [0, 0.05) is 6.54 Å². The Balaban J connectivity index is 2.21. The lowest BCUT2D eigenvalue weighted by molar-refractivity contribution is -0.128. The maximum Gasteiger partial charge on any atom is 0.335 e.